The lowest BCUT2D eigenvalue weighted by Crippen LogP contribution is -2.32. The van der Waals surface area contributed by atoms with Crippen LogP contribution in [0, 0.1) is 11.8 Å². The Morgan fingerprint density at radius 2 is 2.08 bits per heavy atom. The van der Waals surface area contributed by atoms with E-state index in [-0.39, 0.29) is 17.7 Å². The number of ether oxygens (including phenoxy) is 1. The summed E-state index contributed by atoms with van der Waals surface area (Å²) < 4.78 is 6.14. The number of hydrogen-bond donors (Lipinski definition) is 2. The van der Waals surface area contributed by atoms with Gasteiger partial charge in [0.05, 0.1) is 24.2 Å². The van der Waals surface area contributed by atoms with E-state index in [1.807, 2.05) is 46.3 Å². The molecule has 1 aliphatic heterocycles. The van der Waals surface area contributed by atoms with Crippen LogP contribution in [0.15, 0.2) is 23.5 Å². The highest BCUT2D eigenvalue weighted by Crippen LogP contribution is 2.42. The Morgan fingerprint density at radius 3 is 2.87 bits per heavy atom. The predicted molar refractivity (Wildman–Crippen MR) is 151 cm³/mol. The molecule has 0 spiro atoms. The monoisotopic (exact) mass is 534 g/mol. The molecule has 5 rings (SSSR count). The van der Waals surface area contributed by atoms with Gasteiger partial charge in [0.25, 0.3) is 0 Å². The molecule has 2 aliphatic rings. The summed E-state index contributed by atoms with van der Waals surface area (Å²) in [5.74, 6) is 1.96. The van der Waals surface area contributed by atoms with Crippen molar-refractivity contribution in [3.63, 3.8) is 0 Å². The van der Waals surface area contributed by atoms with Crippen LogP contribution in [-0.2, 0) is 29.0 Å². The summed E-state index contributed by atoms with van der Waals surface area (Å²) in [6.07, 6.45) is 6.32. The van der Waals surface area contributed by atoms with E-state index in [9.17, 15) is 9.59 Å². The third-order valence-corrected chi connectivity index (χ3v) is 8.06. The second-order valence-corrected chi connectivity index (χ2v) is 11.6. The van der Waals surface area contributed by atoms with Gasteiger partial charge < -0.3 is 20.3 Å². The standard InChI is InChI=1S/C28H34N6O3S/c1-16(2)9-24(35)30-7-8-37-22-11-19-14-29-13-18(19)10-21(22)33-26-25-20-6-5-17(28(36)34(3)4)12-23(20)38-27(25)32-15-31-26/h10-11,13,15-17H,5-9,12,14H2,1-4H3,(H,30,35)(H,31,32,33)/t17-/m0/s1. The van der Waals surface area contributed by atoms with Crippen LogP contribution in [0.25, 0.3) is 10.2 Å². The minimum Gasteiger partial charge on any atom is -0.490 e. The topological polar surface area (TPSA) is 109 Å². The molecule has 9 nitrogen and oxygen atoms in total. The van der Waals surface area contributed by atoms with Gasteiger partial charge in [-0.25, -0.2) is 9.97 Å². The molecule has 2 N–H and O–H groups in total. The first-order valence-corrected chi connectivity index (χ1v) is 13.9. The van der Waals surface area contributed by atoms with Gasteiger partial charge in [-0.15, -0.1) is 11.3 Å². The molecule has 1 aromatic carbocycles. The van der Waals surface area contributed by atoms with E-state index in [0.717, 1.165) is 52.1 Å². The van der Waals surface area contributed by atoms with Crippen molar-refractivity contribution in [3.05, 3.63) is 40.0 Å². The number of thiophene rings is 1. The zero-order valence-corrected chi connectivity index (χ0v) is 23.2. The fourth-order valence-corrected chi connectivity index (χ4v) is 6.33. The van der Waals surface area contributed by atoms with E-state index in [0.29, 0.717) is 37.8 Å². The van der Waals surface area contributed by atoms with Gasteiger partial charge in [-0.1, -0.05) is 13.8 Å². The molecule has 1 aliphatic carbocycles. The Morgan fingerprint density at radius 1 is 1.24 bits per heavy atom. The van der Waals surface area contributed by atoms with Crippen LogP contribution >= 0.6 is 11.3 Å². The Labute approximate surface area is 226 Å². The van der Waals surface area contributed by atoms with Gasteiger partial charge in [-0.05, 0) is 54.0 Å². The number of carbonyl (C=O) groups excluding carboxylic acids is 2. The van der Waals surface area contributed by atoms with Crippen LogP contribution in [0.2, 0.25) is 0 Å². The first-order valence-electron chi connectivity index (χ1n) is 13.1. The minimum absolute atomic E-state index is 0.00644. The number of aryl methyl sites for hydroxylation is 1. The molecule has 2 aromatic heterocycles. The molecule has 0 fully saturated rings. The number of amides is 2. The molecule has 10 heteroatoms. The average Bonchev–Trinajstić information content (AvgIpc) is 3.49. The average molecular weight is 535 g/mol. The second kappa shape index (κ2) is 11.1. The van der Waals surface area contributed by atoms with Crippen molar-refractivity contribution in [1.82, 2.24) is 20.2 Å². The summed E-state index contributed by atoms with van der Waals surface area (Å²) in [7, 11) is 3.63. The Hall–Kier alpha value is -3.53. The SMILES string of the molecule is CC(C)CC(=O)NCCOc1cc2c(cc1Nc1ncnc3sc4c(c13)CC[C@H](C(=O)N(C)C)C4)C=NC2. The number of nitrogens with zero attached hydrogens (tertiary/aromatic N) is 4. The molecule has 0 saturated carbocycles. The molecule has 3 heterocycles. The summed E-state index contributed by atoms with van der Waals surface area (Å²) in [6.45, 7) is 5.46. The van der Waals surface area contributed by atoms with E-state index in [1.165, 1.54) is 10.4 Å². The fourth-order valence-electron chi connectivity index (χ4n) is 5.06. The van der Waals surface area contributed by atoms with Gasteiger partial charge >= 0.3 is 0 Å². The van der Waals surface area contributed by atoms with E-state index in [2.05, 4.69) is 25.6 Å². The third-order valence-electron chi connectivity index (χ3n) is 6.90. The van der Waals surface area contributed by atoms with Gasteiger partial charge in [0.1, 0.15) is 29.3 Å². The first-order chi connectivity index (χ1) is 18.3. The summed E-state index contributed by atoms with van der Waals surface area (Å²) in [6, 6.07) is 4.05. The van der Waals surface area contributed by atoms with E-state index >= 15 is 0 Å². The molecule has 3 aromatic rings. The molecule has 0 radical (unpaired) electrons. The summed E-state index contributed by atoms with van der Waals surface area (Å²) in [5.41, 5.74) is 4.18. The number of benzene rings is 1. The Bertz CT molecular complexity index is 1400. The molecular formula is C28H34N6O3S. The van der Waals surface area contributed by atoms with Gasteiger partial charge in [0.2, 0.25) is 11.8 Å². The van der Waals surface area contributed by atoms with Gasteiger partial charge in [-0.2, -0.15) is 0 Å². The van der Waals surface area contributed by atoms with E-state index < -0.39 is 0 Å². The molecule has 200 valence electrons. The highest BCUT2D eigenvalue weighted by molar-refractivity contribution is 7.19. The minimum atomic E-state index is 0.00644. The zero-order chi connectivity index (χ0) is 26.8. The van der Waals surface area contributed by atoms with Crippen LogP contribution in [-0.4, -0.2) is 60.1 Å². The van der Waals surface area contributed by atoms with Crippen molar-refractivity contribution >= 4 is 51.1 Å². The van der Waals surface area contributed by atoms with Crippen LogP contribution < -0.4 is 15.4 Å². The molecule has 1 atom stereocenters. The fraction of sp³-hybridized carbons (Fsp3) is 0.464. The third kappa shape index (κ3) is 5.50. The number of aliphatic imine (C=N–C) groups is 1. The van der Waals surface area contributed by atoms with Crippen LogP contribution in [0.3, 0.4) is 0 Å². The van der Waals surface area contributed by atoms with Crippen molar-refractivity contribution < 1.29 is 14.3 Å². The number of rotatable bonds is 9. The van der Waals surface area contributed by atoms with Crippen LogP contribution in [0.4, 0.5) is 11.5 Å². The molecular weight excluding hydrogens is 500 g/mol. The maximum Gasteiger partial charge on any atom is 0.225 e. The largest absolute Gasteiger partial charge is 0.490 e. The molecule has 0 saturated heterocycles. The number of anilines is 2. The molecule has 2 amide bonds. The predicted octanol–water partition coefficient (Wildman–Crippen LogP) is 4.10. The lowest BCUT2D eigenvalue weighted by Gasteiger charge is -2.24. The molecule has 38 heavy (non-hydrogen) atoms. The van der Waals surface area contributed by atoms with Crippen LogP contribution in [0.5, 0.6) is 5.75 Å². The van der Waals surface area contributed by atoms with Crippen molar-refractivity contribution in [3.8, 4) is 5.75 Å². The van der Waals surface area contributed by atoms with Crippen LogP contribution in [0.1, 0.15) is 48.3 Å². The number of fused-ring (bicyclic) bond motifs is 4. The smallest absolute Gasteiger partial charge is 0.225 e. The van der Waals surface area contributed by atoms with Crippen molar-refractivity contribution in [2.24, 2.45) is 16.8 Å². The maximum absolute atomic E-state index is 12.6. The number of carbonyl (C=O) groups is 2. The van der Waals surface area contributed by atoms with Gasteiger partial charge in [0.15, 0.2) is 0 Å². The number of aromatic nitrogens is 2. The van der Waals surface area contributed by atoms with Crippen molar-refractivity contribution in [1.29, 1.82) is 0 Å². The lowest BCUT2D eigenvalue weighted by atomic mass is 9.87. The Kier molecular flexibility index (Phi) is 7.60. The highest BCUT2D eigenvalue weighted by Gasteiger charge is 2.30. The Balaban J connectivity index is 1.38. The normalized spacial score (nSPS) is 15.9. The number of hydrogen-bond acceptors (Lipinski definition) is 8. The zero-order valence-electron chi connectivity index (χ0n) is 22.3. The quantitative estimate of drug-likeness (QED) is 0.400. The molecule has 0 bridgehead atoms. The van der Waals surface area contributed by atoms with Crippen molar-refractivity contribution in [2.45, 2.75) is 46.1 Å². The van der Waals surface area contributed by atoms with Gasteiger partial charge in [-0.3, -0.25) is 14.6 Å². The summed E-state index contributed by atoms with van der Waals surface area (Å²) in [4.78, 5) is 42.0. The van der Waals surface area contributed by atoms with E-state index in [4.69, 9.17) is 4.74 Å². The summed E-state index contributed by atoms with van der Waals surface area (Å²) >= 11 is 1.65. The van der Waals surface area contributed by atoms with E-state index in [1.54, 1.807) is 22.6 Å². The first kappa shape index (κ1) is 26.1. The second-order valence-electron chi connectivity index (χ2n) is 10.5. The summed E-state index contributed by atoms with van der Waals surface area (Å²) in [5, 5.41) is 7.46. The van der Waals surface area contributed by atoms with Gasteiger partial charge in [0, 0.05) is 37.5 Å². The van der Waals surface area contributed by atoms with Crippen molar-refractivity contribution in [2.75, 3.05) is 32.6 Å². The number of nitrogens with one attached hydrogen (secondary N) is 2. The lowest BCUT2D eigenvalue weighted by molar-refractivity contribution is -0.133. The molecule has 0 unspecified atom stereocenters. The highest BCUT2D eigenvalue weighted by atomic mass is 32.1. The maximum atomic E-state index is 12.6.